The highest BCUT2D eigenvalue weighted by Gasteiger charge is 2.00. The topological polar surface area (TPSA) is 53.6 Å². The molecule has 2 rings (SSSR count). The van der Waals surface area contributed by atoms with Gasteiger partial charge in [-0.3, -0.25) is 4.99 Å². The van der Waals surface area contributed by atoms with Gasteiger partial charge in [0.2, 0.25) is 0 Å². The Hall–Kier alpha value is -1.60. The molecule has 0 unspecified atom stereocenters. The fourth-order valence-electron chi connectivity index (χ4n) is 2.75. The molecule has 5 heteroatoms. The third-order valence-electron chi connectivity index (χ3n) is 3.77. The Kier molecular flexibility index (Phi) is 9.52. The predicted molar refractivity (Wildman–Crippen MR) is 119 cm³/mol. The number of aryl methyl sites for hydroxylation is 2. The van der Waals surface area contributed by atoms with Gasteiger partial charge in [-0.25, -0.2) is 0 Å². The molecular formula is C20H29IN4. The summed E-state index contributed by atoms with van der Waals surface area (Å²) >= 11 is 0. The lowest BCUT2D eigenvalue weighted by Crippen LogP contribution is -2.24. The third kappa shape index (κ3) is 8.36. The van der Waals surface area contributed by atoms with Crippen molar-refractivity contribution in [2.24, 2.45) is 10.7 Å². The highest BCUT2D eigenvalue weighted by atomic mass is 127. The number of anilines is 1. The van der Waals surface area contributed by atoms with Crippen molar-refractivity contribution in [3.8, 4) is 0 Å². The van der Waals surface area contributed by atoms with E-state index in [0.29, 0.717) is 5.96 Å². The van der Waals surface area contributed by atoms with Crippen molar-refractivity contribution in [3.63, 3.8) is 0 Å². The minimum atomic E-state index is 0. The Balaban J connectivity index is 0.00000312. The quantitative estimate of drug-likeness (QED) is 0.287. The van der Waals surface area contributed by atoms with Crippen LogP contribution in [0.15, 0.2) is 53.5 Å². The first-order valence-electron chi connectivity index (χ1n) is 8.40. The third-order valence-corrected chi connectivity index (χ3v) is 3.77. The van der Waals surface area contributed by atoms with Gasteiger partial charge < -0.3 is 16.0 Å². The Labute approximate surface area is 168 Å². The van der Waals surface area contributed by atoms with Crippen molar-refractivity contribution in [2.45, 2.75) is 26.8 Å². The van der Waals surface area contributed by atoms with E-state index in [-0.39, 0.29) is 24.0 Å². The zero-order chi connectivity index (χ0) is 17.4. The predicted octanol–water partition coefficient (Wildman–Crippen LogP) is 4.17. The molecule has 0 bridgehead atoms. The van der Waals surface area contributed by atoms with E-state index in [4.69, 9.17) is 5.73 Å². The molecule has 0 saturated heterocycles. The maximum atomic E-state index is 5.97. The van der Waals surface area contributed by atoms with Gasteiger partial charge in [-0.2, -0.15) is 0 Å². The molecule has 0 heterocycles. The van der Waals surface area contributed by atoms with Gasteiger partial charge >= 0.3 is 0 Å². The number of halogens is 1. The van der Waals surface area contributed by atoms with E-state index in [1.807, 2.05) is 6.07 Å². The van der Waals surface area contributed by atoms with Crippen molar-refractivity contribution in [3.05, 3.63) is 65.2 Å². The molecule has 0 radical (unpaired) electrons. The van der Waals surface area contributed by atoms with Crippen LogP contribution in [0, 0.1) is 13.8 Å². The zero-order valence-corrected chi connectivity index (χ0v) is 17.7. The number of benzene rings is 2. The van der Waals surface area contributed by atoms with Gasteiger partial charge in [0.15, 0.2) is 5.96 Å². The van der Waals surface area contributed by atoms with Gasteiger partial charge in [-0.1, -0.05) is 36.4 Å². The van der Waals surface area contributed by atoms with E-state index >= 15 is 0 Å². The van der Waals surface area contributed by atoms with Gasteiger partial charge in [0.05, 0.1) is 0 Å². The molecule has 0 aliphatic carbocycles. The summed E-state index contributed by atoms with van der Waals surface area (Å²) in [6.07, 6.45) is 0.985. The molecule has 2 aromatic carbocycles. The molecule has 0 aliphatic rings. The van der Waals surface area contributed by atoms with Gasteiger partial charge in [0.1, 0.15) is 0 Å². The first-order valence-corrected chi connectivity index (χ1v) is 8.40. The molecule has 0 spiro atoms. The molecule has 25 heavy (non-hydrogen) atoms. The van der Waals surface area contributed by atoms with Gasteiger partial charge in [-0.15, -0.1) is 24.0 Å². The second kappa shape index (κ2) is 11.1. The average molecular weight is 452 g/mol. The summed E-state index contributed by atoms with van der Waals surface area (Å²) in [7, 11) is 2.13. The second-order valence-electron chi connectivity index (χ2n) is 6.35. The largest absolute Gasteiger partial charge is 0.370 e. The number of hydrogen-bond acceptors (Lipinski definition) is 2. The van der Waals surface area contributed by atoms with Gasteiger partial charge in [0, 0.05) is 18.8 Å². The molecule has 0 atom stereocenters. The van der Waals surface area contributed by atoms with E-state index in [9.17, 15) is 0 Å². The van der Waals surface area contributed by atoms with E-state index in [0.717, 1.165) is 31.7 Å². The fourth-order valence-corrected chi connectivity index (χ4v) is 2.75. The lowest BCUT2D eigenvalue weighted by molar-refractivity contribution is 0.324. The van der Waals surface area contributed by atoms with Crippen LogP contribution in [-0.4, -0.2) is 31.0 Å². The van der Waals surface area contributed by atoms with Crippen LogP contribution in [0.2, 0.25) is 0 Å². The lowest BCUT2D eigenvalue weighted by Gasteiger charge is -2.16. The van der Waals surface area contributed by atoms with E-state index in [2.05, 4.69) is 78.6 Å². The molecule has 0 fully saturated rings. The summed E-state index contributed by atoms with van der Waals surface area (Å²) in [6.45, 7) is 6.83. The smallest absolute Gasteiger partial charge is 0.193 e. The number of nitrogens with zero attached hydrogens (tertiary/aromatic N) is 2. The van der Waals surface area contributed by atoms with Crippen LogP contribution in [0.1, 0.15) is 23.1 Å². The van der Waals surface area contributed by atoms with Crippen LogP contribution < -0.4 is 11.1 Å². The summed E-state index contributed by atoms with van der Waals surface area (Å²) in [6, 6.07) is 16.8. The second-order valence-corrected chi connectivity index (χ2v) is 6.35. The van der Waals surface area contributed by atoms with Crippen molar-refractivity contribution in [2.75, 3.05) is 25.5 Å². The first-order chi connectivity index (χ1) is 11.5. The highest BCUT2D eigenvalue weighted by Crippen LogP contribution is 2.13. The number of nitrogens with one attached hydrogen (secondary N) is 1. The Bertz CT molecular complexity index is 650. The van der Waals surface area contributed by atoms with Crippen molar-refractivity contribution < 1.29 is 0 Å². The molecule has 4 nitrogen and oxygen atoms in total. The van der Waals surface area contributed by atoms with E-state index in [1.54, 1.807) is 0 Å². The minimum Gasteiger partial charge on any atom is -0.370 e. The Morgan fingerprint density at radius 3 is 2.36 bits per heavy atom. The number of nitrogens with two attached hydrogens (primary N) is 1. The Morgan fingerprint density at radius 1 is 1.08 bits per heavy atom. The fraction of sp³-hybridized carbons (Fsp3) is 0.350. The minimum absolute atomic E-state index is 0. The molecule has 3 N–H and O–H groups in total. The van der Waals surface area contributed by atoms with Crippen molar-refractivity contribution in [1.82, 2.24) is 4.90 Å². The number of aliphatic imine (C=N–C) groups is 1. The molecule has 0 aromatic heterocycles. The standard InChI is InChI=1S/C20H28N4.HI/c1-16-12-17(2)14-19(13-16)23-20(21)22-10-7-11-24(3)15-18-8-5-4-6-9-18;/h4-6,8-9,12-14H,7,10-11,15H2,1-3H3,(H3,21,22,23);1H. The van der Waals surface area contributed by atoms with Crippen LogP contribution in [0.3, 0.4) is 0 Å². The summed E-state index contributed by atoms with van der Waals surface area (Å²) in [5.74, 6) is 0.478. The summed E-state index contributed by atoms with van der Waals surface area (Å²) in [5.41, 5.74) is 10.7. The van der Waals surface area contributed by atoms with E-state index < -0.39 is 0 Å². The van der Waals surface area contributed by atoms with Gasteiger partial charge in [0.25, 0.3) is 0 Å². The monoisotopic (exact) mass is 452 g/mol. The van der Waals surface area contributed by atoms with Crippen molar-refractivity contribution in [1.29, 1.82) is 0 Å². The molecule has 0 saturated carbocycles. The Morgan fingerprint density at radius 2 is 1.72 bits per heavy atom. The van der Waals surface area contributed by atoms with Crippen LogP contribution >= 0.6 is 24.0 Å². The summed E-state index contributed by atoms with van der Waals surface area (Å²) in [5, 5.41) is 3.17. The number of guanidine groups is 1. The average Bonchev–Trinajstić information content (AvgIpc) is 2.51. The van der Waals surface area contributed by atoms with Gasteiger partial charge in [-0.05, 0) is 62.7 Å². The summed E-state index contributed by atoms with van der Waals surface area (Å²) in [4.78, 5) is 6.72. The first kappa shape index (κ1) is 21.4. The SMILES string of the molecule is Cc1cc(C)cc(NC(N)=NCCCN(C)Cc2ccccc2)c1.I. The zero-order valence-electron chi connectivity index (χ0n) is 15.3. The molecule has 0 aliphatic heterocycles. The molecule has 2 aromatic rings. The van der Waals surface area contributed by atoms with Crippen molar-refractivity contribution >= 4 is 35.6 Å². The van der Waals surface area contributed by atoms with Crippen LogP contribution in [0.25, 0.3) is 0 Å². The van der Waals surface area contributed by atoms with E-state index in [1.165, 1.54) is 16.7 Å². The number of rotatable bonds is 7. The molecule has 136 valence electrons. The normalized spacial score (nSPS) is 11.3. The maximum absolute atomic E-state index is 5.97. The highest BCUT2D eigenvalue weighted by molar-refractivity contribution is 14.0. The lowest BCUT2D eigenvalue weighted by atomic mass is 10.1. The molecular weight excluding hydrogens is 423 g/mol. The number of hydrogen-bond donors (Lipinski definition) is 2. The molecule has 0 amide bonds. The van der Waals surface area contributed by atoms with Crippen LogP contribution in [0.4, 0.5) is 5.69 Å². The van der Waals surface area contributed by atoms with Crippen LogP contribution in [0.5, 0.6) is 0 Å². The maximum Gasteiger partial charge on any atom is 0.193 e. The van der Waals surface area contributed by atoms with Crippen LogP contribution in [-0.2, 0) is 6.54 Å². The summed E-state index contributed by atoms with van der Waals surface area (Å²) < 4.78 is 0.